The molecule has 0 radical (unpaired) electrons. The number of aliphatic carboxylic acids is 2. The number of likely N-dealkylation sites (N-methyl/N-ethyl adjacent to an activating group) is 1. The number of carbonyl (C=O) groups is 3. The minimum atomic E-state index is -1.13. The van der Waals surface area contributed by atoms with Crippen LogP contribution in [0.3, 0.4) is 0 Å². The van der Waals surface area contributed by atoms with Crippen LogP contribution in [0.4, 0.5) is 0 Å². The van der Waals surface area contributed by atoms with Crippen LogP contribution in [0.1, 0.15) is 32.1 Å². The van der Waals surface area contributed by atoms with Crippen LogP contribution < -0.4 is 10.6 Å². The molecule has 8 heteroatoms. The van der Waals surface area contributed by atoms with Crippen LogP contribution in [0.5, 0.6) is 0 Å². The molecule has 0 aromatic rings. The van der Waals surface area contributed by atoms with E-state index in [2.05, 4.69) is 22.3 Å². The van der Waals surface area contributed by atoms with Crippen LogP contribution in [0.25, 0.3) is 0 Å². The van der Waals surface area contributed by atoms with Gasteiger partial charge in [-0.05, 0) is 26.6 Å². The molecule has 0 spiro atoms. The van der Waals surface area contributed by atoms with Crippen molar-refractivity contribution in [1.29, 1.82) is 0 Å². The second-order valence-corrected chi connectivity index (χ2v) is 4.69. The van der Waals surface area contributed by atoms with Crippen molar-refractivity contribution in [2.75, 3.05) is 13.6 Å². The lowest BCUT2D eigenvalue weighted by Gasteiger charge is -2.18. The summed E-state index contributed by atoms with van der Waals surface area (Å²) >= 11 is 0. The van der Waals surface area contributed by atoms with Crippen molar-refractivity contribution in [3.63, 3.8) is 0 Å². The number of rotatable bonds is 12. The van der Waals surface area contributed by atoms with Crippen LogP contribution in [0.15, 0.2) is 4.99 Å². The van der Waals surface area contributed by atoms with E-state index in [0.29, 0.717) is 19.4 Å². The molecule has 1 amide bonds. The lowest BCUT2D eigenvalue weighted by molar-refractivity contribution is -0.142. The first-order valence-electron chi connectivity index (χ1n) is 6.75. The number of hydrogen-bond acceptors (Lipinski definition) is 5. The molecule has 0 aromatic carbocycles. The third-order valence-corrected chi connectivity index (χ3v) is 2.88. The zero-order valence-corrected chi connectivity index (χ0v) is 12.2. The molecule has 120 valence electrons. The van der Waals surface area contributed by atoms with E-state index in [4.69, 9.17) is 10.2 Å². The SMILES string of the molecule is C=NC(CNC)CC(NC(=O)CCCCC(=O)O)C(=O)O. The second-order valence-electron chi connectivity index (χ2n) is 4.69. The summed E-state index contributed by atoms with van der Waals surface area (Å²) in [4.78, 5) is 36.9. The number of carboxylic acid groups (broad SMARTS) is 2. The van der Waals surface area contributed by atoms with Gasteiger partial charge < -0.3 is 20.8 Å². The number of amides is 1. The molecule has 2 atom stereocenters. The van der Waals surface area contributed by atoms with Gasteiger partial charge in [0.15, 0.2) is 0 Å². The maximum Gasteiger partial charge on any atom is 0.326 e. The quantitative estimate of drug-likeness (QED) is 0.294. The second kappa shape index (κ2) is 10.8. The number of unbranched alkanes of at least 4 members (excludes halogenated alkanes) is 1. The molecule has 8 nitrogen and oxygen atoms in total. The van der Waals surface area contributed by atoms with Crippen LogP contribution in [-0.2, 0) is 14.4 Å². The number of carbonyl (C=O) groups excluding carboxylic acids is 1. The molecule has 0 fully saturated rings. The topological polar surface area (TPSA) is 128 Å². The highest BCUT2D eigenvalue weighted by Gasteiger charge is 2.23. The monoisotopic (exact) mass is 301 g/mol. The maximum atomic E-state index is 11.6. The Morgan fingerprint density at radius 2 is 1.81 bits per heavy atom. The van der Waals surface area contributed by atoms with Gasteiger partial charge in [-0.2, -0.15) is 0 Å². The maximum absolute atomic E-state index is 11.6. The molecule has 0 bridgehead atoms. The Balaban J connectivity index is 4.23. The number of carboxylic acids is 2. The van der Waals surface area contributed by atoms with Crippen LogP contribution >= 0.6 is 0 Å². The third-order valence-electron chi connectivity index (χ3n) is 2.88. The van der Waals surface area contributed by atoms with Crippen molar-refractivity contribution in [2.24, 2.45) is 4.99 Å². The Bertz CT molecular complexity index is 373. The standard InChI is InChI=1S/C13H23N3O5/c1-14-8-9(15-2)7-10(13(20)21)16-11(17)5-3-4-6-12(18)19/h9-10,14H,2-8H2,1H3,(H,16,17)(H,18,19)(H,20,21). The molecule has 0 heterocycles. The smallest absolute Gasteiger partial charge is 0.326 e. The van der Waals surface area contributed by atoms with E-state index in [0.717, 1.165) is 0 Å². The van der Waals surface area contributed by atoms with Gasteiger partial charge in [0.2, 0.25) is 5.91 Å². The zero-order chi connectivity index (χ0) is 16.3. The summed E-state index contributed by atoms with van der Waals surface area (Å²) in [5.74, 6) is -2.44. The summed E-state index contributed by atoms with van der Waals surface area (Å²) in [7, 11) is 1.72. The largest absolute Gasteiger partial charge is 0.481 e. The lowest BCUT2D eigenvalue weighted by Crippen LogP contribution is -2.43. The highest BCUT2D eigenvalue weighted by molar-refractivity contribution is 5.83. The van der Waals surface area contributed by atoms with Crippen molar-refractivity contribution in [1.82, 2.24) is 10.6 Å². The van der Waals surface area contributed by atoms with Gasteiger partial charge in [0.25, 0.3) is 0 Å². The van der Waals surface area contributed by atoms with Gasteiger partial charge >= 0.3 is 11.9 Å². The van der Waals surface area contributed by atoms with Gasteiger partial charge in [0.1, 0.15) is 6.04 Å². The predicted octanol–water partition coefficient (Wildman–Crippen LogP) is -0.120. The van der Waals surface area contributed by atoms with Crippen molar-refractivity contribution in [2.45, 2.75) is 44.2 Å². The third kappa shape index (κ3) is 9.55. The van der Waals surface area contributed by atoms with E-state index >= 15 is 0 Å². The van der Waals surface area contributed by atoms with Gasteiger partial charge in [0, 0.05) is 25.8 Å². The van der Waals surface area contributed by atoms with Gasteiger partial charge in [0.05, 0.1) is 6.04 Å². The molecule has 0 aliphatic carbocycles. The molecule has 4 N–H and O–H groups in total. The van der Waals surface area contributed by atoms with Gasteiger partial charge in [-0.25, -0.2) is 4.79 Å². The van der Waals surface area contributed by atoms with Gasteiger partial charge in [-0.15, -0.1) is 0 Å². The summed E-state index contributed by atoms with van der Waals surface area (Å²) in [5, 5.41) is 22.9. The number of nitrogens with one attached hydrogen (secondary N) is 2. The molecule has 2 unspecified atom stereocenters. The Hall–Kier alpha value is -1.96. The van der Waals surface area contributed by atoms with Crippen LogP contribution in [-0.4, -0.2) is 60.5 Å². The zero-order valence-electron chi connectivity index (χ0n) is 12.2. The fourth-order valence-corrected chi connectivity index (χ4v) is 1.78. The molecule has 0 aliphatic heterocycles. The van der Waals surface area contributed by atoms with Crippen molar-refractivity contribution in [3.8, 4) is 0 Å². The molecule has 21 heavy (non-hydrogen) atoms. The van der Waals surface area contributed by atoms with Crippen LogP contribution in [0.2, 0.25) is 0 Å². The molecule has 0 aliphatic rings. The molecule has 0 rings (SSSR count). The van der Waals surface area contributed by atoms with Crippen molar-refractivity contribution >= 4 is 24.6 Å². The minimum Gasteiger partial charge on any atom is -0.481 e. The summed E-state index contributed by atoms with van der Waals surface area (Å²) in [6, 6.07) is -1.33. The number of hydrogen-bond donors (Lipinski definition) is 4. The van der Waals surface area contributed by atoms with Gasteiger partial charge in [-0.1, -0.05) is 0 Å². The average molecular weight is 301 g/mol. The summed E-state index contributed by atoms with van der Waals surface area (Å²) < 4.78 is 0. The number of nitrogens with zero attached hydrogens (tertiary/aromatic N) is 1. The Morgan fingerprint density at radius 3 is 2.29 bits per heavy atom. The predicted molar refractivity (Wildman–Crippen MR) is 77.6 cm³/mol. The van der Waals surface area contributed by atoms with E-state index in [1.807, 2.05) is 0 Å². The van der Waals surface area contributed by atoms with Crippen molar-refractivity contribution < 1.29 is 24.6 Å². The molecule has 0 aromatic heterocycles. The first-order valence-corrected chi connectivity index (χ1v) is 6.75. The molecule has 0 saturated carbocycles. The average Bonchev–Trinajstić information content (AvgIpc) is 2.41. The lowest BCUT2D eigenvalue weighted by atomic mass is 10.1. The summed E-state index contributed by atoms with van der Waals surface area (Å²) in [6.07, 6.45) is 1.05. The highest BCUT2D eigenvalue weighted by Crippen LogP contribution is 2.05. The first kappa shape index (κ1) is 19.0. The minimum absolute atomic E-state index is 0.000265. The molecule has 0 saturated heterocycles. The fraction of sp³-hybridized carbons (Fsp3) is 0.692. The number of aliphatic imine (C=N–C) groups is 1. The van der Waals surface area contributed by atoms with E-state index in [1.54, 1.807) is 7.05 Å². The normalized spacial score (nSPS) is 13.2. The van der Waals surface area contributed by atoms with E-state index in [9.17, 15) is 14.4 Å². The molecular weight excluding hydrogens is 278 g/mol. The Morgan fingerprint density at radius 1 is 1.19 bits per heavy atom. The van der Waals surface area contributed by atoms with E-state index < -0.39 is 23.9 Å². The van der Waals surface area contributed by atoms with E-state index in [-0.39, 0.29) is 25.3 Å². The summed E-state index contributed by atoms with van der Waals surface area (Å²) in [6.45, 7) is 3.87. The van der Waals surface area contributed by atoms with Gasteiger partial charge in [-0.3, -0.25) is 14.6 Å². The first-order chi connectivity index (χ1) is 9.90. The summed E-state index contributed by atoms with van der Waals surface area (Å²) in [5.41, 5.74) is 0. The highest BCUT2D eigenvalue weighted by atomic mass is 16.4. The Labute approximate surface area is 123 Å². The fourth-order valence-electron chi connectivity index (χ4n) is 1.78. The Kier molecular flexibility index (Phi) is 9.78. The van der Waals surface area contributed by atoms with Crippen molar-refractivity contribution in [3.05, 3.63) is 0 Å². The molecular formula is C13H23N3O5. The van der Waals surface area contributed by atoms with Crippen LogP contribution in [0, 0.1) is 0 Å². The van der Waals surface area contributed by atoms with E-state index in [1.165, 1.54) is 0 Å².